The predicted molar refractivity (Wildman–Crippen MR) is 158 cm³/mol. The van der Waals surface area contributed by atoms with Crippen LogP contribution in [0.15, 0.2) is 71.3 Å². The Morgan fingerprint density at radius 1 is 0.953 bits per heavy atom. The van der Waals surface area contributed by atoms with Crippen LogP contribution in [-0.4, -0.2) is 84.5 Å². The maximum absolute atomic E-state index is 13.5. The summed E-state index contributed by atoms with van der Waals surface area (Å²) in [6, 6.07) is 19.1. The lowest BCUT2D eigenvalue weighted by molar-refractivity contribution is -0.119. The van der Waals surface area contributed by atoms with Gasteiger partial charge in [-0.15, -0.1) is 10.2 Å². The number of aromatic nitrogens is 6. The average Bonchev–Trinajstić information content (AvgIpc) is 3.68. The smallest absolute Gasteiger partial charge is 0.272 e. The quantitative estimate of drug-likeness (QED) is 0.298. The molecule has 1 unspecified atom stereocenters. The number of tetrazole rings is 1. The van der Waals surface area contributed by atoms with Crippen LogP contribution >= 0.6 is 0 Å². The number of piperidine rings is 1. The fourth-order valence-electron chi connectivity index (χ4n) is 5.88. The first kappa shape index (κ1) is 26.9. The van der Waals surface area contributed by atoms with Gasteiger partial charge in [-0.05, 0) is 54.0 Å². The van der Waals surface area contributed by atoms with E-state index in [0.29, 0.717) is 73.2 Å². The molecule has 12 heteroatoms. The van der Waals surface area contributed by atoms with Crippen LogP contribution in [0.4, 0.5) is 5.69 Å². The van der Waals surface area contributed by atoms with Crippen molar-refractivity contribution in [3.63, 3.8) is 0 Å². The average molecular weight is 578 g/mol. The highest BCUT2D eigenvalue weighted by Gasteiger charge is 2.31. The molecular weight excluding hydrogens is 546 g/mol. The number of anilines is 1. The van der Waals surface area contributed by atoms with Crippen molar-refractivity contribution in [2.75, 3.05) is 37.6 Å². The first-order valence-corrected chi connectivity index (χ1v) is 14.5. The molecule has 3 aromatic heterocycles. The minimum atomic E-state index is -0.152. The molecule has 2 aliphatic rings. The number of oxazole rings is 1. The fraction of sp³-hybridized carbons (Fsp3) is 0.323. The van der Waals surface area contributed by atoms with E-state index in [0.717, 1.165) is 24.1 Å². The van der Waals surface area contributed by atoms with Crippen LogP contribution in [0.1, 0.15) is 47.2 Å². The van der Waals surface area contributed by atoms with Crippen molar-refractivity contribution in [2.24, 2.45) is 7.05 Å². The van der Waals surface area contributed by atoms with Crippen molar-refractivity contribution in [3.8, 4) is 11.5 Å². The third kappa shape index (κ3) is 5.37. The number of hydrogen-bond donors (Lipinski definition) is 0. The number of amides is 2. The van der Waals surface area contributed by atoms with Crippen LogP contribution in [0.5, 0.6) is 0 Å². The third-order valence-corrected chi connectivity index (χ3v) is 8.08. The van der Waals surface area contributed by atoms with Gasteiger partial charge in [-0.1, -0.05) is 30.3 Å². The van der Waals surface area contributed by atoms with Gasteiger partial charge in [-0.3, -0.25) is 19.5 Å². The monoisotopic (exact) mass is 577 g/mol. The number of benzene rings is 2. The molecule has 0 saturated carbocycles. The number of carbonyl (C=O) groups excluding carboxylic acids is 2. The molecule has 43 heavy (non-hydrogen) atoms. The number of nitrogens with zero attached hydrogens (tertiary/aromatic N) is 9. The lowest BCUT2D eigenvalue weighted by Gasteiger charge is -2.38. The molecule has 5 heterocycles. The van der Waals surface area contributed by atoms with E-state index < -0.39 is 0 Å². The van der Waals surface area contributed by atoms with Gasteiger partial charge in [0.25, 0.3) is 5.91 Å². The van der Waals surface area contributed by atoms with E-state index in [1.54, 1.807) is 25.4 Å². The van der Waals surface area contributed by atoms with Crippen molar-refractivity contribution in [2.45, 2.75) is 25.3 Å². The second kappa shape index (κ2) is 11.4. The molecule has 2 saturated heterocycles. The standard InChI is InChI=1S/C31H31N9O3/c1-37-35-29(34-36-37)28(21-7-3-2-4-8-21)38-15-17-39(18-16-38)31(42)25-19-22(12-13-32-25)30-33-24-20-23(10-11-26(24)43-30)40-14-6-5-9-27(40)41/h2-4,7-8,10-13,19-20,28H,5-6,9,14-18H2,1H3. The molecule has 5 aromatic rings. The van der Waals surface area contributed by atoms with Crippen LogP contribution in [-0.2, 0) is 11.8 Å². The number of piperazine rings is 1. The number of fused-ring (bicyclic) bond motifs is 1. The topological polar surface area (TPSA) is 126 Å². The fourth-order valence-corrected chi connectivity index (χ4v) is 5.88. The van der Waals surface area contributed by atoms with E-state index in [2.05, 4.69) is 42.4 Å². The number of hydrogen-bond acceptors (Lipinski definition) is 9. The zero-order valence-electron chi connectivity index (χ0n) is 23.8. The summed E-state index contributed by atoms with van der Waals surface area (Å²) in [5.41, 5.74) is 4.19. The van der Waals surface area contributed by atoms with Crippen molar-refractivity contribution < 1.29 is 14.0 Å². The molecule has 0 radical (unpaired) electrons. The van der Waals surface area contributed by atoms with Crippen LogP contribution in [0, 0.1) is 0 Å². The molecule has 2 fully saturated rings. The first-order chi connectivity index (χ1) is 21.0. The highest BCUT2D eigenvalue weighted by Crippen LogP contribution is 2.30. The van der Waals surface area contributed by atoms with Crippen molar-refractivity contribution in [1.82, 2.24) is 40.0 Å². The van der Waals surface area contributed by atoms with Gasteiger partial charge in [0.15, 0.2) is 11.4 Å². The van der Waals surface area contributed by atoms with Crippen LogP contribution < -0.4 is 4.90 Å². The van der Waals surface area contributed by atoms with Gasteiger partial charge in [-0.25, -0.2) is 4.98 Å². The second-order valence-electron chi connectivity index (χ2n) is 10.9. The number of aryl methyl sites for hydroxylation is 1. The summed E-state index contributed by atoms with van der Waals surface area (Å²) in [5, 5.41) is 12.8. The summed E-state index contributed by atoms with van der Waals surface area (Å²) in [7, 11) is 1.76. The molecular formula is C31H31N9O3. The Bertz CT molecular complexity index is 1780. The van der Waals surface area contributed by atoms with Crippen molar-refractivity contribution >= 4 is 28.6 Å². The van der Waals surface area contributed by atoms with Crippen LogP contribution in [0.25, 0.3) is 22.6 Å². The predicted octanol–water partition coefficient (Wildman–Crippen LogP) is 3.48. The zero-order valence-corrected chi connectivity index (χ0v) is 23.8. The van der Waals surface area contributed by atoms with Gasteiger partial charge in [0, 0.05) is 56.6 Å². The minimum absolute atomic E-state index is 0.133. The van der Waals surface area contributed by atoms with Gasteiger partial charge in [0.05, 0.1) is 13.1 Å². The lowest BCUT2D eigenvalue weighted by atomic mass is 10.0. The molecule has 1 atom stereocenters. The van der Waals surface area contributed by atoms with Crippen LogP contribution in [0.3, 0.4) is 0 Å². The molecule has 0 bridgehead atoms. The van der Waals surface area contributed by atoms with Gasteiger partial charge in [0.1, 0.15) is 11.2 Å². The van der Waals surface area contributed by atoms with E-state index in [1.807, 2.05) is 46.2 Å². The summed E-state index contributed by atoms with van der Waals surface area (Å²) < 4.78 is 6.04. The Balaban J connectivity index is 1.07. The summed E-state index contributed by atoms with van der Waals surface area (Å²) in [6.07, 6.45) is 4.09. The summed E-state index contributed by atoms with van der Waals surface area (Å²) in [6.45, 7) is 3.08. The Morgan fingerprint density at radius 2 is 1.79 bits per heavy atom. The molecule has 2 aromatic carbocycles. The maximum Gasteiger partial charge on any atom is 0.272 e. The maximum atomic E-state index is 13.5. The molecule has 2 aliphatic heterocycles. The Labute approximate surface area is 247 Å². The number of rotatable bonds is 6. The van der Waals surface area contributed by atoms with Gasteiger partial charge in [0.2, 0.25) is 11.8 Å². The number of pyridine rings is 1. The Kier molecular flexibility index (Phi) is 7.11. The van der Waals surface area contributed by atoms with Crippen molar-refractivity contribution in [3.05, 3.63) is 83.9 Å². The Hall–Kier alpha value is -4.97. The summed E-state index contributed by atoms with van der Waals surface area (Å²) in [5.74, 6) is 1.03. The largest absolute Gasteiger partial charge is 0.436 e. The summed E-state index contributed by atoms with van der Waals surface area (Å²) >= 11 is 0. The van der Waals surface area contributed by atoms with E-state index in [1.165, 1.54) is 4.80 Å². The zero-order chi connectivity index (χ0) is 29.3. The lowest BCUT2D eigenvalue weighted by Crippen LogP contribution is -2.50. The van der Waals surface area contributed by atoms with Gasteiger partial charge in [-0.2, -0.15) is 4.80 Å². The molecule has 7 rings (SSSR count). The van der Waals surface area contributed by atoms with Crippen molar-refractivity contribution in [1.29, 1.82) is 0 Å². The molecule has 218 valence electrons. The first-order valence-electron chi connectivity index (χ1n) is 14.5. The highest BCUT2D eigenvalue weighted by atomic mass is 16.3. The van der Waals surface area contributed by atoms with E-state index in [-0.39, 0.29) is 17.9 Å². The third-order valence-electron chi connectivity index (χ3n) is 8.08. The molecule has 0 N–H and O–H groups in total. The van der Waals surface area contributed by atoms with Crippen LogP contribution in [0.2, 0.25) is 0 Å². The Morgan fingerprint density at radius 3 is 2.56 bits per heavy atom. The minimum Gasteiger partial charge on any atom is -0.436 e. The molecule has 12 nitrogen and oxygen atoms in total. The van der Waals surface area contributed by atoms with E-state index >= 15 is 0 Å². The van der Waals surface area contributed by atoms with Gasteiger partial charge >= 0.3 is 0 Å². The van der Waals surface area contributed by atoms with E-state index in [9.17, 15) is 9.59 Å². The number of carbonyl (C=O) groups is 2. The second-order valence-corrected chi connectivity index (χ2v) is 10.9. The van der Waals surface area contributed by atoms with Gasteiger partial charge < -0.3 is 14.2 Å². The summed E-state index contributed by atoms with van der Waals surface area (Å²) in [4.78, 5) is 42.4. The normalized spacial score (nSPS) is 17.0. The molecule has 0 spiro atoms. The highest BCUT2D eigenvalue weighted by molar-refractivity contribution is 5.96. The SMILES string of the molecule is Cn1nnc(C(c2ccccc2)N2CCN(C(=O)c3cc(-c4nc5cc(N6CCCCC6=O)ccc5o4)ccn3)CC2)n1. The molecule has 2 amide bonds. The molecule has 0 aliphatic carbocycles. The van der Waals surface area contributed by atoms with E-state index in [4.69, 9.17) is 4.42 Å².